The van der Waals surface area contributed by atoms with E-state index in [0.29, 0.717) is 18.1 Å². The van der Waals surface area contributed by atoms with Gasteiger partial charge < -0.3 is 5.32 Å². The third-order valence-corrected chi connectivity index (χ3v) is 5.45. The number of rotatable bonds is 6. The minimum atomic E-state index is -2.97. The first-order chi connectivity index (χ1) is 14.0. The number of aryl methyl sites for hydroxylation is 1. The van der Waals surface area contributed by atoms with Gasteiger partial charge in [0.25, 0.3) is 0 Å². The Morgan fingerprint density at radius 1 is 0.931 bits per heavy atom. The molecule has 146 valence electrons. The maximum absolute atomic E-state index is 11.4. The Balaban J connectivity index is 1.65. The largest absolute Gasteiger partial charge is 0.340 e. The fraction of sp³-hybridized carbons (Fsp3) is 0.136. The first-order valence-corrected chi connectivity index (χ1v) is 11.2. The number of hydrogen-bond donors (Lipinski definition) is 1. The third-order valence-electron chi connectivity index (χ3n) is 4.50. The molecule has 0 bridgehead atoms. The van der Waals surface area contributed by atoms with E-state index >= 15 is 0 Å². The normalized spacial score (nSPS) is 11.5. The highest BCUT2D eigenvalue weighted by molar-refractivity contribution is 7.90. The quantitative estimate of drug-likeness (QED) is 0.522. The van der Waals surface area contributed by atoms with Crippen LogP contribution in [0.1, 0.15) is 5.56 Å². The predicted octanol–water partition coefficient (Wildman–Crippen LogP) is 4.02. The molecule has 2 aromatic heterocycles. The summed E-state index contributed by atoms with van der Waals surface area (Å²) < 4.78 is 22.7. The van der Waals surface area contributed by atoms with Crippen molar-refractivity contribution in [2.24, 2.45) is 0 Å². The van der Waals surface area contributed by atoms with E-state index in [1.807, 2.05) is 60.7 Å². The summed E-state index contributed by atoms with van der Waals surface area (Å²) in [6.07, 6.45) is 5.21. The van der Waals surface area contributed by atoms with Gasteiger partial charge in [-0.1, -0.05) is 24.3 Å². The number of pyridine rings is 1. The van der Waals surface area contributed by atoms with Gasteiger partial charge in [-0.25, -0.2) is 18.4 Å². The minimum Gasteiger partial charge on any atom is -0.340 e. The molecule has 29 heavy (non-hydrogen) atoms. The Morgan fingerprint density at radius 2 is 1.72 bits per heavy atom. The predicted molar refractivity (Wildman–Crippen MR) is 116 cm³/mol. The molecule has 0 aliphatic carbocycles. The first kappa shape index (κ1) is 19.0. The van der Waals surface area contributed by atoms with Crippen molar-refractivity contribution >= 4 is 32.2 Å². The van der Waals surface area contributed by atoms with E-state index in [9.17, 15) is 8.42 Å². The van der Waals surface area contributed by atoms with Crippen LogP contribution < -0.4 is 5.32 Å². The van der Waals surface area contributed by atoms with Crippen molar-refractivity contribution in [1.82, 2.24) is 15.0 Å². The molecule has 0 aliphatic rings. The Labute approximate surface area is 169 Å². The number of nitrogens with one attached hydrogen (secondary N) is 1. The van der Waals surface area contributed by atoms with Crippen molar-refractivity contribution in [2.75, 3.05) is 17.3 Å². The summed E-state index contributed by atoms with van der Waals surface area (Å²) in [6, 6.07) is 19.3. The molecule has 0 spiro atoms. The molecule has 6 nitrogen and oxygen atoms in total. The number of aromatic nitrogens is 3. The molecule has 2 aromatic carbocycles. The summed E-state index contributed by atoms with van der Waals surface area (Å²) in [6.45, 7) is 0. The van der Waals surface area contributed by atoms with Gasteiger partial charge in [0.2, 0.25) is 0 Å². The van der Waals surface area contributed by atoms with Crippen LogP contribution >= 0.6 is 0 Å². The van der Waals surface area contributed by atoms with Crippen molar-refractivity contribution < 1.29 is 8.42 Å². The second-order valence-electron chi connectivity index (χ2n) is 6.86. The Bertz CT molecular complexity index is 1240. The lowest BCUT2D eigenvalue weighted by Gasteiger charge is -2.11. The van der Waals surface area contributed by atoms with E-state index < -0.39 is 9.84 Å². The molecule has 0 radical (unpaired) electrons. The van der Waals surface area contributed by atoms with E-state index in [1.54, 1.807) is 12.4 Å². The number of para-hydroxylation sites is 1. The number of hydrogen-bond acceptors (Lipinski definition) is 6. The third kappa shape index (κ3) is 4.75. The first-order valence-electron chi connectivity index (χ1n) is 9.19. The highest BCUT2D eigenvalue weighted by atomic mass is 32.2. The monoisotopic (exact) mass is 404 g/mol. The molecule has 4 aromatic rings. The van der Waals surface area contributed by atoms with E-state index in [1.165, 1.54) is 6.26 Å². The van der Waals surface area contributed by atoms with Gasteiger partial charge >= 0.3 is 0 Å². The van der Waals surface area contributed by atoms with Gasteiger partial charge in [0.05, 0.1) is 11.3 Å². The Kier molecular flexibility index (Phi) is 5.22. The second-order valence-corrected chi connectivity index (χ2v) is 9.12. The van der Waals surface area contributed by atoms with E-state index in [2.05, 4.69) is 15.3 Å². The van der Waals surface area contributed by atoms with Gasteiger partial charge in [-0.2, -0.15) is 0 Å². The molecular weight excluding hydrogens is 384 g/mol. The Morgan fingerprint density at radius 3 is 2.45 bits per heavy atom. The zero-order chi connectivity index (χ0) is 20.3. The number of fused-ring (bicyclic) bond motifs is 1. The Hall–Kier alpha value is -3.32. The zero-order valence-corrected chi connectivity index (χ0v) is 16.7. The van der Waals surface area contributed by atoms with Gasteiger partial charge in [-0.15, -0.1) is 0 Å². The summed E-state index contributed by atoms with van der Waals surface area (Å²) in [4.78, 5) is 13.5. The molecule has 0 fully saturated rings. The highest BCUT2D eigenvalue weighted by Crippen LogP contribution is 2.27. The van der Waals surface area contributed by atoms with E-state index in [4.69, 9.17) is 4.98 Å². The number of nitrogens with zero attached hydrogens (tertiary/aromatic N) is 3. The molecule has 0 amide bonds. The second kappa shape index (κ2) is 7.97. The van der Waals surface area contributed by atoms with Crippen LogP contribution in [0.2, 0.25) is 0 Å². The van der Waals surface area contributed by atoms with Crippen LogP contribution in [0.5, 0.6) is 0 Å². The molecule has 0 unspecified atom stereocenters. The molecule has 4 rings (SSSR count). The van der Waals surface area contributed by atoms with Gasteiger partial charge in [-0.3, -0.25) is 4.98 Å². The fourth-order valence-corrected chi connectivity index (χ4v) is 3.60. The van der Waals surface area contributed by atoms with Crippen molar-refractivity contribution in [3.05, 3.63) is 78.6 Å². The molecule has 1 N–H and O–H groups in total. The lowest BCUT2D eigenvalue weighted by atomic mass is 10.1. The summed E-state index contributed by atoms with van der Waals surface area (Å²) in [5, 5.41) is 4.28. The van der Waals surface area contributed by atoms with E-state index in [-0.39, 0.29) is 5.75 Å². The van der Waals surface area contributed by atoms with Crippen LogP contribution in [0.4, 0.5) is 11.5 Å². The average Bonchev–Trinajstić information content (AvgIpc) is 2.73. The van der Waals surface area contributed by atoms with Crippen LogP contribution in [0, 0.1) is 0 Å². The summed E-state index contributed by atoms with van der Waals surface area (Å²) in [5.74, 6) is 1.45. The highest BCUT2D eigenvalue weighted by Gasteiger charge is 2.10. The number of anilines is 2. The minimum absolute atomic E-state index is 0.144. The lowest BCUT2D eigenvalue weighted by Crippen LogP contribution is -2.05. The van der Waals surface area contributed by atoms with Gasteiger partial charge in [0.1, 0.15) is 15.7 Å². The molecule has 7 heteroatoms. The molecule has 2 heterocycles. The van der Waals surface area contributed by atoms with Crippen LogP contribution in [-0.4, -0.2) is 35.4 Å². The van der Waals surface area contributed by atoms with Gasteiger partial charge in [0.15, 0.2) is 5.82 Å². The van der Waals surface area contributed by atoms with Crippen LogP contribution in [0.25, 0.3) is 22.3 Å². The summed E-state index contributed by atoms with van der Waals surface area (Å²) >= 11 is 0. The lowest BCUT2D eigenvalue weighted by molar-refractivity contribution is 0.601. The maximum Gasteiger partial charge on any atom is 0.163 e. The standard InChI is InChI=1S/C22H20N4O2S/c1-29(27,28)14-12-16-8-10-18(11-9-16)24-22-19-6-2-3-7-20(19)25-21(26-22)17-5-4-13-23-15-17/h2-11,13,15H,12,14H2,1H3,(H,24,25,26). The van der Waals surface area contributed by atoms with Crippen LogP contribution in [0.3, 0.4) is 0 Å². The topological polar surface area (TPSA) is 84.8 Å². The average molecular weight is 404 g/mol. The zero-order valence-electron chi connectivity index (χ0n) is 15.9. The van der Waals surface area contributed by atoms with Crippen molar-refractivity contribution in [1.29, 1.82) is 0 Å². The van der Waals surface area contributed by atoms with Crippen LogP contribution in [-0.2, 0) is 16.3 Å². The molecule has 0 saturated carbocycles. The molecule has 0 saturated heterocycles. The van der Waals surface area contributed by atoms with Crippen LogP contribution in [0.15, 0.2) is 73.1 Å². The number of sulfone groups is 1. The van der Waals surface area contributed by atoms with Crippen molar-refractivity contribution in [2.45, 2.75) is 6.42 Å². The van der Waals surface area contributed by atoms with E-state index in [0.717, 1.165) is 27.7 Å². The van der Waals surface area contributed by atoms with Crippen molar-refractivity contribution in [3.8, 4) is 11.4 Å². The smallest absolute Gasteiger partial charge is 0.163 e. The fourth-order valence-electron chi connectivity index (χ4n) is 2.99. The summed E-state index contributed by atoms with van der Waals surface area (Å²) in [7, 11) is -2.97. The summed E-state index contributed by atoms with van der Waals surface area (Å²) in [5.41, 5.74) is 3.53. The molecular formula is C22H20N4O2S. The SMILES string of the molecule is CS(=O)(=O)CCc1ccc(Nc2nc(-c3cccnc3)nc3ccccc23)cc1. The molecule has 0 atom stereocenters. The van der Waals surface area contributed by atoms with Crippen molar-refractivity contribution in [3.63, 3.8) is 0 Å². The molecule has 0 aliphatic heterocycles. The number of benzene rings is 2. The maximum atomic E-state index is 11.4. The van der Waals surface area contributed by atoms with Gasteiger partial charge in [0, 0.05) is 35.3 Å². The van der Waals surface area contributed by atoms with Gasteiger partial charge in [-0.05, 0) is 48.4 Å².